The van der Waals surface area contributed by atoms with Gasteiger partial charge in [-0.3, -0.25) is 9.69 Å². The number of nitrogens with one attached hydrogen (secondary N) is 1. The predicted molar refractivity (Wildman–Crippen MR) is 93.6 cm³/mol. The second-order valence-corrected chi connectivity index (χ2v) is 6.89. The van der Waals surface area contributed by atoms with Gasteiger partial charge in [-0.25, -0.2) is 4.79 Å². The molecule has 1 aliphatic heterocycles. The van der Waals surface area contributed by atoms with Crippen molar-refractivity contribution < 1.29 is 23.1 Å². The lowest BCUT2D eigenvalue weighted by molar-refractivity contribution is -0.131. The van der Waals surface area contributed by atoms with E-state index in [0.29, 0.717) is 5.56 Å². The van der Waals surface area contributed by atoms with Gasteiger partial charge < -0.3 is 10.1 Å². The predicted octanol–water partition coefficient (Wildman–Crippen LogP) is 4.02. The number of nitrogens with zero attached hydrogens (tertiary/aromatic N) is 1. The monoisotopic (exact) mass is 424 g/mol. The van der Waals surface area contributed by atoms with Crippen LogP contribution in [0, 0.1) is 0 Å². The summed E-state index contributed by atoms with van der Waals surface area (Å²) in [5.41, 5.74) is 0.00827. The molecule has 8 heteroatoms. The van der Waals surface area contributed by atoms with Crippen LogP contribution in [0.15, 0.2) is 53.0 Å². The SMILES string of the molecule is C[C@@]1(c2ccc(OC(F)F)cc2)NC(=O)N(Cc2cccc(Br)c2)C1=O. The Bertz CT molecular complexity index is 845. The number of halogens is 3. The second-order valence-electron chi connectivity index (χ2n) is 5.98. The maximum absolute atomic E-state index is 12.9. The first-order valence-electron chi connectivity index (χ1n) is 7.73. The van der Waals surface area contributed by atoms with E-state index in [2.05, 4.69) is 26.0 Å². The smallest absolute Gasteiger partial charge is 0.387 e. The molecule has 0 radical (unpaired) electrons. The summed E-state index contributed by atoms with van der Waals surface area (Å²) >= 11 is 3.36. The van der Waals surface area contributed by atoms with Crippen molar-refractivity contribution >= 4 is 27.9 Å². The first kappa shape index (κ1) is 18.3. The zero-order chi connectivity index (χ0) is 18.9. The zero-order valence-corrected chi connectivity index (χ0v) is 15.3. The maximum Gasteiger partial charge on any atom is 0.387 e. The molecule has 0 aliphatic carbocycles. The van der Waals surface area contributed by atoms with Crippen LogP contribution in [0.1, 0.15) is 18.1 Å². The Balaban J connectivity index is 1.82. The van der Waals surface area contributed by atoms with Crippen molar-refractivity contribution in [3.8, 4) is 5.75 Å². The van der Waals surface area contributed by atoms with Gasteiger partial charge in [-0.1, -0.05) is 40.2 Å². The minimum atomic E-state index is -2.93. The molecule has 3 amide bonds. The summed E-state index contributed by atoms with van der Waals surface area (Å²) in [5, 5.41) is 2.68. The van der Waals surface area contributed by atoms with E-state index in [1.165, 1.54) is 24.3 Å². The molecule has 0 unspecified atom stereocenters. The first-order valence-corrected chi connectivity index (χ1v) is 8.53. The van der Waals surface area contributed by atoms with Gasteiger partial charge in [-0.05, 0) is 42.3 Å². The number of alkyl halides is 2. The van der Waals surface area contributed by atoms with Crippen LogP contribution in [0.5, 0.6) is 5.75 Å². The Morgan fingerprint density at radius 1 is 1.19 bits per heavy atom. The summed E-state index contributed by atoms with van der Waals surface area (Å²) < 4.78 is 29.7. The van der Waals surface area contributed by atoms with Gasteiger partial charge in [-0.2, -0.15) is 8.78 Å². The molecule has 1 fully saturated rings. The number of hydrogen-bond donors (Lipinski definition) is 1. The second kappa shape index (κ2) is 7.03. The van der Waals surface area contributed by atoms with E-state index in [9.17, 15) is 18.4 Å². The van der Waals surface area contributed by atoms with Crippen LogP contribution >= 0.6 is 15.9 Å². The van der Waals surface area contributed by atoms with Crippen LogP contribution in [-0.2, 0) is 16.9 Å². The van der Waals surface area contributed by atoms with E-state index in [1.54, 1.807) is 6.92 Å². The molecule has 1 aliphatic rings. The van der Waals surface area contributed by atoms with Gasteiger partial charge in [0.15, 0.2) is 0 Å². The van der Waals surface area contributed by atoms with E-state index >= 15 is 0 Å². The molecular formula is C18H15BrF2N2O3. The van der Waals surface area contributed by atoms with E-state index in [-0.39, 0.29) is 12.3 Å². The van der Waals surface area contributed by atoms with Crippen molar-refractivity contribution in [1.82, 2.24) is 10.2 Å². The number of amides is 3. The molecule has 136 valence electrons. The van der Waals surface area contributed by atoms with Gasteiger partial charge in [0.1, 0.15) is 11.3 Å². The molecular weight excluding hydrogens is 410 g/mol. The number of urea groups is 1. The van der Waals surface area contributed by atoms with Crippen molar-refractivity contribution in [3.05, 3.63) is 64.1 Å². The number of carbonyl (C=O) groups excluding carboxylic acids is 2. The summed E-state index contributed by atoms with van der Waals surface area (Å²) in [6.45, 7) is -1.21. The van der Waals surface area contributed by atoms with E-state index in [0.717, 1.165) is 14.9 Å². The van der Waals surface area contributed by atoms with Crippen LogP contribution in [0.2, 0.25) is 0 Å². The average Bonchev–Trinajstić information content (AvgIpc) is 2.79. The standard InChI is InChI=1S/C18H15BrF2N2O3/c1-18(12-5-7-14(8-6-12)26-16(20)21)15(24)23(17(25)22-18)10-11-3-2-4-13(19)9-11/h2-9,16H,10H2,1H3,(H,22,25)/t18-/m0/s1. The highest BCUT2D eigenvalue weighted by molar-refractivity contribution is 9.10. The van der Waals surface area contributed by atoms with E-state index < -0.39 is 24.1 Å². The Kier molecular flexibility index (Phi) is 4.95. The largest absolute Gasteiger partial charge is 0.435 e. The Hall–Kier alpha value is -2.48. The van der Waals surface area contributed by atoms with Gasteiger partial charge in [0.05, 0.1) is 6.54 Å². The summed E-state index contributed by atoms with van der Waals surface area (Å²) in [7, 11) is 0. The van der Waals surface area contributed by atoms with Gasteiger partial charge >= 0.3 is 12.6 Å². The van der Waals surface area contributed by atoms with Crippen molar-refractivity contribution in [2.24, 2.45) is 0 Å². The molecule has 2 aromatic rings. The molecule has 1 N–H and O–H groups in total. The third-order valence-corrected chi connectivity index (χ3v) is 4.65. The fraction of sp³-hybridized carbons (Fsp3) is 0.222. The minimum Gasteiger partial charge on any atom is -0.435 e. The van der Waals surface area contributed by atoms with Crippen molar-refractivity contribution in [3.63, 3.8) is 0 Å². The van der Waals surface area contributed by atoms with Gasteiger partial charge in [-0.15, -0.1) is 0 Å². The molecule has 1 saturated heterocycles. The summed E-state index contributed by atoms with van der Waals surface area (Å²) in [4.78, 5) is 26.3. The fourth-order valence-electron chi connectivity index (χ4n) is 2.82. The van der Waals surface area contributed by atoms with Gasteiger partial charge in [0.2, 0.25) is 0 Å². The highest BCUT2D eigenvalue weighted by atomic mass is 79.9. The number of ether oxygens (including phenoxy) is 1. The molecule has 1 heterocycles. The lowest BCUT2D eigenvalue weighted by atomic mass is 9.92. The zero-order valence-electron chi connectivity index (χ0n) is 13.7. The molecule has 1 atom stereocenters. The van der Waals surface area contributed by atoms with Crippen LogP contribution in [-0.4, -0.2) is 23.4 Å². The molecule has 0 bridgehead atoms. The highest BCUT2D eigenvalue weighted by Crippen LogP contribution is 2.31. The first-order chi connectivity index (χ1) is 12.3. The maximum atomic E-state index is 12.9. The Morgan fingerprint density at radius 2 is 1.88 bits per heavy atom. The van der Waals surface area contributed by atoms with E-state index in [4.69, 9.17) is 0 Å². The molecule has 0 spiro atoms. The Labute approximate surface area is 157 Å². The summed E-state index contributed by atoms with van der Waals surface area (Å²) in [6, 6.07) is 12.4. The van der Waals surface area contributed by atoms with Gasteiger partial charge in [0, 0.05) is 4.47 Å². The molecule has 0 saturated carbocycles. The number of rotatable bonds is 5. The summed E-state index contributed by atoms with van der Waals surface area (Å²) in [5.74, 6) is -0.430. The lowest BCUT2D eigenvalue weighted by Crippen LogP contribution is -2.40. The Morgan fingerprint density at radius 3 is 2.50 bits per heavy atom. The molecule has 5 nitrogen and oxygen atoms in total. The van der Waals surface area contributed by atoms with E-state index in [1.807, 2.05) is 24.3 Å². The van der Waals surface area contributed by atoms with Crippen LogP contribution in [0.25, 0.3) is 0 Å². The molecule has 0 aromatic heterocycles. The summed E-state index contributed by atoms with van der Waals surface area (Å²) in [6.07, 6.45) is 0. The van der Waals surface area contributed by atoms with Crippen molar-refractivity contribution in [2.75, 3.05) is 0 Å². The van der Waals surface area contributed by atoms with Crippen molar-refractivity contribution in [2.45, 2.75) is 25.6 Å². The minimum absolute atomic E-state index is 0.0184. The number of benzene rings is 2. The third kappa shape index (κ3) is 3.55. The van der Waals surface area contributed by atoms with Crippen LogP contribution < -0.4 is 10.1 Å². The van der Waals surface area contributed by atoms with Crippen LogP contribution in [0.4, 0.5) is 13.6 Å². The topological polar surface area (TPSA) is 58.6 Å². The normalized spacial score (nSPS) is 19.8. The van der Waals surface area contributed by atoms with Crippen molar-refractivity contribution in [1.29, 1.82) is 0 Å². The molecule has 26 heavy (non-hydrogen) atoms. The molecule has 3 rings (SSSR count). The number of carbonyl (C=O) groups is 2. The van der Waals surface area contributed by atoms with Gasteiger partial charge in [0.25, 0.3) is 5.91 Å². The number of imide groups is 1. The fourth-order valence-corrected chi connectivity index (χ4v) is 3.27. The quantitative estimate of drug-likeness (QED) is 0.737. The van der Waals surface area contributed by atoms with Crippen LogP contribution in [0.3, 0.4) is 0 Å². The third-order valence-electron chi connectivity index (χ3n) is 4.16. The average molecular weight is 425 g/mol. The highest BCUT2D eigenvalue weighted by Gasteiger charge is 2.48. The molecule has 2 aromatic carbocycles. The number of hydrogen-bond acceptors (Lipinski definition) is 3. The lowest BCUT2D eigenvalue weighted by Gasteiger charge is -2.22.